The quantitative estimate of drug-likeness (QED) is 0.190. The molecular weight excluding hydrogens is 566 g/mol. The van der Waals surface area contributed by atoms with E-state index in [-0.39, 0.29) is 49.9 Å². The highest BCUT2D eigenvalue weighted by Crippen LogP contribution is 2.32. The number of aromatic amines is 1. The van der Waals surface area contributed by atoms with Crippen LogP contribution in [-0.2, 0) is 42.6 Å². The van der Waals surface area contributed by atoms with Crippen molar-refractivity contribution in [2.75, 3.05) is 32.9 Å². The zero-order valence-electron chi connectivity index (χ0n) is 24.8. The molecule has 2 heterocycles. The molecule has 0 amide bonds. The maximum absolute atomic E-state index is 13.9. The number of hydrogen-bond acceptors (Lipinski definition) is 10. The van der Waals surface area contributed by atoms with Crippen LogP contribution >= 0.6 is 0 Å². The summed E-state index contributed by atoms with van der Waals surface area (Å²) in [5.41, 5.74) is 1.36. The second kappa shape index (κ2) is 14.9. The molecule has 0 radical (unpaired) electrons. The Morgan fingerprint density at radius 1 is 1.00 bits per heavy atom. The molecule has 1 N–H and O–H groups in total. The van der Waals surface area contributed by atoms with Crippen molar-refractivity contribution < 1.29 is 32.2 Å². The number of H-pyrrole nitrogens is 1. The SMILES string of the molecule is CCCOc1ccc(S(=O)(=O)N(CCCOC(C)=O)CCCOC(C)=O)cc1-c1nc2c(CCC)nn(C)c2c(=O)[nH]1. The minimum atomic E-state index is -4.07. The first-order valence-electron chi connectivity index (χ1n) is 14.0. The van der Waals surface area contributed by atoms with E-state index in [1.54, 1.807) is 13.1 Å². The van der Waals surface area contributed by atoms with Gasteiger partial charge in [-0.25, -0.2) is 13.4 Å². The number of rotatable bonds is 16. The zero-order valence-corrected chi connectivity index (χ0v) is 25.6. The standard InChI is InChI=1S/C28H39N5O8S/c1-6-10-23-25-26(32(5)31-23)28(36)30-27(29-25)22-18-21(11-12-24(22)41-15-7-2)42(37,38)33(13-8-16-39-19(3)34)14-9-17-40-20(4)35/h11-12,18H,6-10,13-17H2,1-5H3,(H,29,30,36). The van der Waals surface area contributed by atoms with Crippen molar-refractivity contribution in [1.82, 2.24) is 24.1 Å². The predicted molar refractivity (Wildman–Crippen MR) is 156 cm³/mol. The lowest BCUT2D eigenvalue weighted by Crippen LogP contribution is -2.34. The van der Waals surface area contributed by atoms with Crippen LogP contribution in [0.2, 0.25) is 0 Å². The van der Waals surface area contributed by atoms with Crippen LogP contribution in [-0.4, -0.2) is 77.3 Å². The van der Waals surface area contributed by atoms with Crippen LogP contribution in [0, 0.1) is 0 Å². The van der Waals surface area contributed by atoms with E-state index in [0.717, 1.165) is 6.42 Å². The molecule has 42 heavy (non-hydrogen) atoms. The Kier molecular flexibility index (Phi) is 11.6. The van der Waals surface area contributed by atoms with Crippen LogP contribution in [0.1, 0.15) is 59.1 Å². The first kappa shape index (κ1) is 32.7. The number of nitrogens with zero attached hydrogens (tertiary/aromatic N) is 4. The lowest BCUT2D eigenvalue weighted by molar-refractivity contribution is -0.141. The van der Waals surface area contributed by atoms with Gasteiger partial charge in [0.2, 0.25) is 10.0 Å². The minimum Gasteiger partial charge on any atom is -0.493 e. The fraction of sp³-hybridized carbons (Fsp3) is 0.536. The topological polar surface area (TPSA) is 163 Å². The lowest BCUT2D eigenvalue weighted by Gasteiger charge is -2.23. The predicted octanol–water partition coefficient (Wildman–Crippen LogP) is 2.96. The Morgan fingerprint density at radius 2 is 1.64 bits per heavy atom. The molecule has 13 nitrogen and oxygen atoms in total. The van der Waals surface area contributed by atoms with Crippen LogP contribution in [0.3, 0.4) is 0 Å². The first-order chi connectivity index (χ1) is 20.0. The number of carbonyl (C=O) groups excluding carboxylic acids is 2. The highest BCUT2D eigenvalue weighted by atomic mass is 32.2. The molecule has 0 aliphatic carbocycles. The van der Waals surface area contributed by atoms with E-state index in [9.17, 15) is 22.8 Å². The van der Waals surface area contributed by atoms with Crippen LogP contribution in [0.25, 0.3) is 22.4 Å². The van der Waals surface area contributed by atoms with Crippen molar-refractivity contribution in [1.29, 1.82) is 0 Å². The van der Waals surface area contributed by atoms with Gasteiger partial charge in [0.1, 0.15) is 17.1 Å². The van der Waals surface area contributed by atoms with Crippen LogP contribution < -0.4 is 10.3 Å². The Hall–Kier alpha value is -3.78. The van der Waals surface area contributed by atoms with Gasteiger partial charge in [-0.1, -0.05) is 20.3 Å². The molecule has 0 saturated carbocycles. The summed E-state index contributed by atoms with van der Waals surface area (Å²) < 4.78 is 46.4. The maximum atomic E-state index is 13.9. The molecule has 0 fully saturated rings. The third-order valence-corrected chi connectivity index (χ3v) is 8.16. The summed E-state index contributed by atoms with van der Waals surface area (Å²) in [6.45, 7) is 7.12. The number of nitrogens with one attached hydrogen (secondary N) is 1. The summed E-state index contributed by atoms with van der Waals surface area (Å²) in [7, 11) is -2.40. The summed E-state index contributed by atoms with van der Waals surface area (Å²) in [5, 5.41) is 4.46. The second-order valence-electron chi connectivity index (χ2n) is 9.73. The maximum Gasteiger partial charge on any atom is 0.302 e. The van der Waals surface area contributed by atoms with E-state index in [1.165, 1.54) is 35.0 Å². The molecule has 230 valence electrons. The van der Waals surface area contributed by atoms with Crippen molar-refractivity contribution in [3.63, 3.8) is 0 Å². The van der Waals surface area contributed by atoms with E-state index in [2.05, 4.69) is 10.1 Å². The molecule has 2 aromatic heterocycles. The number of esters is 2. The summed E-state index contributed by atoms with van der Waals surface area (Å²) in [4.78, 5) is 42.9. The highest BCUT2D eigenvalue weighted by Gasteiger charge is 2.27. The zero-order chi connectivity index (χ0) is 30.9. The van der Waals surface area contributed by atoms with Gasteiger partial charge >= 0.3 is 11.9 Å². The summed E-state index contributed by atoms with van der Waals surface area (Å²) in [6, 6.07) is 4.43. The minimum absolute atomic E-state index is 0.0379. The fourth-order valence-corrected chi connectivity index (χ4v) is 5.93. The Bertz CT molecular complexity index is 1540. The van der Waals surface area contributed by atoms with Gasteiger partial charge in [0, 0.05) is 34.0 Å². The number of ether oxygens (including phenoxy) is 3. The molecule has 0 aliphatic heterocycles. The van der Waals surface area contributed by atoms with Gasteiger partial charge in [-0.15, -0.1) is 0 Å². The first-order valence-corrected chi connectivity index (χ1v) is 15.4. The van der Waals surface area contributed by atoms with Crippen molar-refractivity contribution in [2.24, 2.45) is 7.05 Å². The summed E-state index contributed by atoms with van der Waals surface area (Å²) in [6.07, 6.45) is 2.67. The average molecular weight is 606 g/mol. The number of carbonyl (C=O) groups is 2. The van der Waals surface area contributed by atoms with Crippen molar-refractivity contribution >= 4 is 33.0 Å². The Morgan fingerprint density at radius 3 is 2.21 bits per heavy atom. The average Bonchev–Trinajstić information content (AvgIpc) is 3.25. The number of benzene rings is 1. The van der Waals surface area contributed by atoms with E-state index in [1.807, 2.05) is 13.8 Å². The molecule has 1 aromatic carbocycles. The molecule has 3 rings (SSSR count). The van der Waals surface area contributed by atoms with E-state index >= 15 is 0 Å². The summed E-state index contributed by atoms with van der Waals surface area (Å²) in [5.74, 6) is -0.380. The lowest BCUT2D eigenvalue weighted by atomic mass is 10.1. The molecule has 0 unspecified atom stereocenters. The number of sulfonamides is 1. The normalized spacial score (nSPS) is 11.7. The van der Waals surface area contributed by atoms with Gasteiger partial charge in [0.15, 0.2) is 5.52 Å². The van der Waals surface area contributed by atoms with Crippen LogP contribution in [0.15, 0.2) is 27.9 Å². The molecule has 14 heteroatoms. The number of hydrogen-bond donors (Lipinski definition) is 1. The van der Waals surface area contributed by atoms with Crippen LogP contribution in [0.5, 0.6) is 5.75 Å². The highest BCUT2D eigenvalue weighted by molar-refractivity contribution is 7.89. The van der Waals surface area contributed by atoms with Gasteiger partial charge in [0.05, 0.1) is 36.0 Å². The molecule has 0 aliphatic rings. The van der Waals surface area contributed by atoms with Gasteiger partial charge in [-0.3, -0.25) is 19.1 Å². The third-order valence-electron chi connectivity index (χ3n) is 6.27. The number of aryl methyl sites for hydroxylation is 2. The molecule has 0 saturated heterocycles. The van der Waals surface area contributed by atoms with Gasteiger partial charge < -0.3 is 19.2 Å². The Balaban J connectivity index is 2.07. The Labute approximate surface area is 245 Å². The van der Waals surface area contributed by atoms with Gasteiger partial charge in [-0.2, -0.15) is 9.40 Å². The van der Waals surface area contributed by atoms with Crippen LogP contribution in [0.4, 0.5) is 0 Å². The molecular formula is C28H39N5O8S. The smallest absolute Gasteiger partial charge is 0.302 e. The molecule has 0 atom stereocenters. The van der Waals surface area contributed by atoms with Gasteiger partial charge in [0.25, 0.3) is 5.56 Å². The second-order valence-corrected chi connectivity index (χ2v) is 11.7. The monoisotopic (exact) mass is 605 g/mol. The van der Waals surface area contributed by atoms with E-state index in [0.29, 0.717) is 47.5 Å². The molecule has 0 spiro atoms. The van der Waals surface area contributed by atoms with Crippen molar-refractivity contribution in [3.05, 3.63) is 34.2 Å². The fourth-order valence-electron chi connectivity index (χ4n) is 4.39. The van der Waals surface area contributed by atoms with Crippen molar-refractivity contribution in [2.45, 2.75) is 64.7 Å². The largest absolute Gasteiger partial charge is 0.493 e. The van der Waals surface area contributed by atoms with E-state index in [4.69, 9.17) is 19.2 Å². The molecule has 0 bridgehead atoms. The van der Waals surface area contributed by atoms with Gasteiger partial charge in [-0.05, 0) is 43.9 Å². The third kappa shape index (κ3) is 8.16. The van der Waals surface area contributed by atoms with Crippen molar-refractivity contribution in [3.8, 4) is 17.1 Å². The number of aromatic nitrogens is 4. The molecule has 3 aromatic rings. The number of fused-ring (bicyclic) bond motifs is 1. The summed E-state index contributed by atoms with van der Waals surface area (Å²) >= 11 is 0. The van der Waals surface area contributed by atoms with E-state index < -0.39 is 27.5 Å².